The van der Waals surface area contributed by atoms with E-state index in [1.165, 1.54) is 0 Å². The summed E-state index contributed by atoms with van der Waals surface area (Å²) in [6.45, 7) is 0. The number of carbonyl (C=O) groups is 1. The number of benzene rings is 2. The topological polar surface area (TPSA) is 38.7 Å². The Morgan fingerprint density at radius 3 is 2.68 bits per heavy atom. The van der Waals surface area contributed by atoms with Gasteiger partial charge in [0, 0.05) is 8.59 Å². The smallest absolute Gasteiger partial charge is 0.363 e. The molecule has 0 N–H and O–H groups in total. The van der Waals surface area contributed by atoms with Crippen LogP contribution < -0.4 is 0 Å². The number of cyclic esters (lactones) is 1. The standard InChI is InChI=1S/C16H8Cl2INO2/c17-10-5-6-12(18)11(8-10)15-20-14(16(21)22-15)7-9-3-1-2-4-13(9)19/h1-8H/b14-7-. The number of ether oxygens (including phenoxy) is 1. The highest BCUT2D eigenvalue weighted by molar-refractivity contribution is 14.1. The average molecular weight is 444 g/mol. The van der Waals surface area contributed by atoms with Crippen LogP contribution >= 0.6 is 45.8 Å². The Hall–Kier alpha value is -1.37. The number of esters is 1. The predicted octanol–water partition coefficient (Wildman–Crippen LogP) is 4.94. The summed E-state index contributed by atoms with van der Waals surface area (Å²) in [5.74, 6) is -0.347. The van der Waals surface area contributed by atoms with Crippen LogP contribution in [0.25, 0.3) is 6.08 Å². The van der Waals surface area contributed by atoms with Gasteiger partial charge in [-0.2, -0.15) is 0 Å². The number of hydrogen-bond donors (Lipinski definition) is 0. The highest BCUT2D eigenvalue weighted by Gasteiger charge is 2.26. The van der Waals surface area contributed by atoms with Crippen molar-refractivity contribution in [2.24, 2.45) is 4.99 Å². The normalized spacial score (nSPS) is 15.9. The molecule has 0 aliphatic carbocycles. The van der Waals surface area contributed by atoms with E-state index in [0.29, 0.717) is 15.6 Å². The molecule has 3 rings (SSSR count). The van der Waals surface area contributed by atoms with Crippen molar-refractivity contribution in [1.29, 1.82) is 0 Å². The zero-order valence-corrected chi connectivity index (χ0v) is 14.7. The molecule has 0 saturated carbocycles. The van der Waals surface area contributed by atoms with Crippen molar-refractivity contribution < 1.29 is 9.53 Å². The number of halogens is 3. The van der Waals surface area contributed by atoms with Gasteiger partial charge in [0.25, 0.3) is 0 Å². The lowest BCUT2D eigenvalue weighted by atomic mass is 10.2. The SMILES string of the molecule is O=C1OC(c2cc(Cl)ccc2Cl)=N/C1=C\c1ccccc1I. The fraction of sp³-hybridized carbons (Fsp3) is 0. The minimum absolute atomic E-state index is 0.162. The van der Waals surface area contributed by atoms with Crippen molar-refractivity contribution in [2.75, 3.05) is 0 Å². The number of rotatable bonds is 2. The van der Waals surface area contributed by atoms with Gasteiger partial charge in [-0.15, -0.1) is 0 Å². The first-order valence-electron chi connectivity index (χ1n) is 6.27. The van der Waals surface area contributed by atoms with Gasteiger partial charge < -0.3 is 4.74 Å². The summed E-state index contributed by atoms with van der Waals surface area (Å²) in [7, 11) is 0. The number of nitrogens with zero attached hydrogens (tertiary/aromatic N) is 1. The molecule has 0 fully saturated rings. The fourth-order valence-corrected chi connectivity index (χ4v) is 2.84. The summed E-state index contributed by atoms with van der Waals surface area (Å²) in [6.07, 6.45) is 1.69. The van der Waals surface area contributed by atoms with E-state index in [0.717, 1.165) is 9.13 Å². The van der Waals surface area contributed by atoms with Crippen molar-refractivity contribution >= 4 is 63.7 Å². The van der Waals surface area contributed by atoms with Crippen LogP contribution in [-0.2, 0) is 9.53 Å². The molecule has 0 saturated heterocycles. The molecule has 1 aliphatic rings. The molecular weight excluding hydrogens is 436 g/mol. The van der Waals surface area contributed by atoms with E-state index in [-0.39, 0.29) is 11.6 Å². The molecule has 0 unspecified atom stereocenters. The number of carbonyl (C=O) groups excluding carboxylic acids is 1. The Bertz CT molecular complexity index is 831. The Labute approximate surface area is 150 Å². The third kappa shape index (κ3) is 3.19. The molecule has 22 heavy (non-hydrogen) atoms. The summed E-state index contributed by atoms with van der Waals surface area (Å²) in [5, 5.41) is 0.916. The maximum atomic E-state index is 12.0. The summed E-state index contributed by atoms with van der Waals surface area (Å²) in [4.78, 5) is 16.2. The molecule has 6 heteroatoms. The van der Waals surface area contributed by atoms with Crippen LogP contribution in [0.5, 0.6) is 0 Å². The van der Waals surface area contributed by atoms with Gasteiger partial charge in [-0.3, -0.25) is 0 Å². The maximum absolute atomic E-state index is 12.0. The van der Waals surface area contributed by atoms with Crippen LogP contribution in [-0.4, -0.2) is 11.9 Å². The van der Waals surface area contributed by atoms with Crippen LogP contribution in [0.2, 0.25) is 10.0 Å². The molecule has 3 nitrogen and oxygen atoms in total. The second kappa shape index (κ2) is 6.40. The Kier molecular flexibility index (Phi) is 4.52. The predicted molar refractivity (Wildman–Crippen MR) is 96.2 cm³/mol. The second-order valence-electron chi connectivity index (χ2n) is 4.48. The zero-order valence-electron chi connectivity index (χ0n) is 11.0. The van der Waals surface area contributed by atoms with Crippen LogP contribution in [0, 0.1) is 3.57 Å². The minimum atomic E-state index is -0.509. The van der Waals surface area contributed by atoms with Crippen molar-refractivity contribution in [3.63, 3.8) is 0 Å². The monoisotopic (exact) mass is 443 g/mol. The molecule has 1 aliphatic heterocycles. The van der Waals surface area contributed by atoms with Crippen molar-refractivity contribution in [3.8, 4) is 0 Å². The maximum Gasteiger partial charge on any atom is 0.363 e. The molecule has 0 aromatic heterocycles. The van der Waals surface area contributed by atoms with Crippen molar-refractivity contribution in [3.05, 3.63) is 72.9 Å². The summed E-state index contributed by atoms with van der Waals surface area (Å²) in [5.41, 5.74) is 1.63. The number of aliphatic imine (C=N–C) groups is 1. The van der Waals surface area contributed by atoms with E-state index in [4.69, 9.17) is 27.9 Å². The molecule has 0 bridgehead atoms. The lowest BCUT2D eigenvalue weighted by Crippen LogP contribution is -2.06. The summed E-state index contributed by atoms with van der Waals surface area (Å²) >= 11 is 14.3. The highest BCUT2D eigenvalue weighted by atomic mass is 127. The molecule has 0 radical (unpaired) electrons. The Morgan fingerprint density at radius 1 is 1.14 bits per heavy atom. The van der Waals surface area contributed by atoms with Crippen LogP contribution in [0.4, 0.5) is 0 Å². The molecular formula is C16H8Cl2INO2. The quantitative estimate of drug-likeness (QED) is 0.374. The third-order valence-electron chi connectivity index (χ3n) is 2.98. The lowest BCUT2D eigenvalue weighted by Gasteiger charge is -2.02. The first-order chi connectivity index (χ1) is 10.5. The molecule has 1 heterocycles. The lowest BCUT2D eigenvalue weighted by molar-refractivity contribution is -0.129. The van der Waals surface area contributed by atoms with Crippen molar-refractivity contribution in [1.82, 2.24) is 0 Å². The van der Waals surface area contributed by atoms with Gasteiger partial charge in [-0.05, 0) is 58.5 Å². The zero-order chi connectivity index (χ0) is 15.7. The van der Waals surface area contributed by atoms with Gasteiger partial charge in [0.2, 0.25) is 5.90 Å². The Balaban J connectivity index is 2.02. The first kappa shape index (κ1) is 15.5. The minimum Gasteiger partial charge on any atom is -0.402 e. The summed E-state index contributed by atoms with van der Waals surface area (Å²) in [6, 6.07) is 12.6. The second-order valence-corrected chi connectivity index (χ2v) is 6.49. The van der Waals surface area contributed by atoms with Gasteiger partial charge >= 0.3 is 5.97 Å². The molecule has 0 spiro atoms. The van der Waals surface area contributed by atoms with E-state index in [1.54, 1.807) is 24.3 Å². The summed E-state index contributed by atoms with van der Waals surface area (Å²) < 4.78 is 6.22. The van der Waals surface area contributed by atoms with E-state index >= 15 is 0 Å². The van der Waals surface area contributed by atoms with Crippen molar-refractivity contribution in [2.45, 2.75) is 0 Å². The van der Waals surface area contributed by atoms with Gasteiger partial charge in [-0.1, -0.05) is 41.4 Å². The highest BCUT2D eigenvalue weighted by Crippen LogP contribution is 2.26. The van der Waals surface area contributed by atoms with Crippen LogP contribution in [0.1, 0.15) is 11.1 Å². The van der Waals surface area contributed by atoms with Gasteiger partial charge in [0.15, 0.2) is 5.70 Å². The molecule has 0 atom stereocenters. The van der Waals surface area contributed by atoms with Crippen LogP contribution in [0.15, 0.2) is 53.2 Å². The molecule has 2 aromatic rings. The third-order valence-corrected chi connectivity index (χ3v) is 4.52. The van der Waals surface area contributed by atoms with E-state index in [2.05, 4.69) is 27.6 Å². The molecule has 110 valence electrons. The van der Waals surface area contributed by atoms with E-state index in [9.17, 15) is 4.79 Å². The largest absolute Gasteiger partial charge is 0.402 e. The van der Waals surface area contributed by atoms with Gasteiger partial charge in [0.05, 0.1) is 10.6 Å². The van der Waals surface area contributed by atoms with Gasteiger partial charge in [0.1, 0.15) is 0 Å². The average Bonchev–Trinajstić information content (AvgIpc) is 2.85. The van der Waals surface area contributed by atoms with Crippen LogP contribution in [0.3, 0.4) is 0 Å². The Morgan fingerprint density at radius 2 is 1.91 bits per heavy atom. The van der Waals surface area contributed by atoms with E-state index < -0.39 is 5.97 Å². The molecule has 2 aromatic carbocycles. The fourth-order valence-electron chi connectivity index (χ4n) is 1.93. The van der Waals surface area contributed by atoms with Gasteiger partial charge in [-0.25, -0.2) is 9.79 Å². The number of hydrogen-bond acceptors (Lipinski definition) is 3. The first-order valence-corrected chi connectivity index (χ1v) is 8.10. The molecule has 0 amide bonds. The van der Waals surface area contributed by atoms with E-state index in [1.807, 2.05) is 24.3 Å².